The van der Waals surface area contributed by atoms with Gasteiger partial charge in [-0.1, -0.05) is 30.3 Å². The Hall–Kier alpha value is -2.00. The minimum absolute atomic E-state index is 0.0300. The maximum Gasteiger partial charge on any atom is 0.249 e. The highest BCUT2D eigenvalue weighted by Gasteiger charge is 2.42. The topological polar surface area (TPSA) is 97.1 Å². The monoisotopic (exact) mass is 418 g/mol. The number of amides is 2. The van der Waals surface area contributed by atoms with E-state index in [1.54, 1.807) is 4.90 Å². The molecule has 2 saturated heterocycles. The smallest absolute Gasteiger partial charge is 0.249 e. The summed E-state index contributed by atoms with van der Waals surface area (Å²) in [6.07, 6.45) is 2.91. The van der Waals surface area contributed by atoms with Gasteiger partial charge in [-0.15, -0.1) is 0 Å². The molecule has 0 spiro atoms. The molecule has 1 aromatic rings. The van der Waals surface area contributed by atoms with E-state index in [9.17, 15) is 9.59 Å². The fourth-order valence-electron chi connectivity index (χ4n) is 4.33. The third-order valence-corrected chi connectivity index (χ3v) is 5.82. The third-order valence-electron chi connectivity index (χ3n) is 5.82. The Morgan fingerprint density at radius 1 is 1.33 bits per heavy atom. The minimum atomic E-state index is -0.507. The number of hydrogen-bond acceptors (Lipinski definition) is 6. The van der Waals surface area contributed by atoms with Crippen molar-refractivity contribution in [2.24, 2.45) is 5.73 Å². The maximum absolute atomic E-state index is 12.7. The van der Waals surface area contributed by atoms with Crippen LogP contribution in [0.3, 0.4) is 0 Å². The summed E-state index contributed by atoms with van der Waals surface area (Å²) in [4.78, 5) is 29.4. The molecule has 166 valence electrons. The molecule has 3 N–H and O–H groups in total. The van der Waals surface area contributed by atoms with E-state index in [0.717, 1.165) is 32.5 Å². The SMILES string of the molecule is COCC(=O)N1CC(N(Cc2ccccc2)CC2CCCO2)CC1C(=O)NCCN. The van der Waals surface area contributed by atoms with Crippen LogP contribution in [0.25, 0.3) is 0 Å². The van der Waals surface area contributed by atoms with Gasteiger partial charge >= 0.3 is 0 Å². The first kappa shape index (κ1) is 22.7. The lowest BCUT2D eigenvalue weighted by molar-refractivity contribution is -0.141. The summed E-state index contributed by atoms with van der Waals surface area (Å²) >= 11 is 0. The van der Waals surface area contributed by atoms with Crippen molar-refractivity contribution in [1.29, 1.82) is 0 Å². The molecule has 3 unspecified atom stereocenters. The predicted molar refractivity (Wildman–Crippen MR) is 114 cm³/mol. The highest BCUT2D eigenvalue weighted by molar-refractivity contribution is 5.88. The third kappa shape index (κ3) is 6.01. The van der Waals surface area contributed by atoms with Crippen molar-refractivity contribution >= 4 is 11.8 Å². The number of nitrogens with two attached hydrogens (primary N) is 1. The fourth-order valence-corrected chi connectivity index (χ4v) is 4.33. The Kier molecular flexibility index (Phi) is 8.62. The molecule has 3 rings (SSSR count). The highest BCUT2D eigenvalue weighted by Crippen LogP contribution is 2.26. The van der Waals surface area contributed by atoms with Gasteiger partial charge in [0.2, 0.25) is 11.8 Å². The van der Waals surface area contributed by atoms with E-state index >= 15 is 0 Å². The number of hydrogen-bond donors (Lipinski definition) is 2. The Morgan fingerprint density at radius 2 is 2.13 bits per heavy atom. The minimum Gasteiger partial charge on any atom is -0.377 e. The van der Waals surface area contributed by atoms with Gasteiger partial charge in [0.15, 0.2) is 0 Å². The number of likely N-dealkylation sites (tertiary alicyclic amines) is 1. The second kappa shape index (κ2) is 11.4. The lowest BCUT2D eigenvalue weighted by Crippen LogP contribution is -2.48. The number of nitrogens with zero attached hydrogens (tertiary/aromatic N) is 2. The molecule has 0 aliphatic carbocycles. The van der Waals surface area contributed by atoms with Crippen molar-refractivity contribution in [3.05, 3.63) is 35.9 Å². The summed E-state index contributed by atoms with van der Waals surface area (Å²) in [6, 6.07) is 9.85. The number of benzene rings is 1. The van der Waals surface area contributed by atoms with Crippen LogP contribution in [0, 0.1) is 0 Å². The van der Waals surface area contributed by atoms with E-state index in [4.69, 9.17) is 15.2 Å². The summed E-state index contributed by atoms with van der Waals surface area (Å²) in [7, 11) is 1.49. The van der Waals surface area contributed by atoms with Gasteiger partial charge in [-0.2, -0.15) is 0 Å². The van der Waals surface area contributed by atoms with E-state index < -0.39 is 6.04 Å². The number of nitrogens with one attached hydrogen (secondary N) is 1. The average Bonchev–Trinajstić information content (AvgIpc) is 3.42. The second-order valence-electron chi connectivity index (χ2n) is 8.01. The fraction of sp³-hybridized carbons (Fsp3) is 0.636. The van der Waals surface area contributed by atoms with Gasteiger partial charge < -0.3 is 25.4 Å². The first-order valence-electron chi connectivity index (χ1n) is 10.8. The number of methoxy groups -OCH3 is 1. The molecule has 0 saturated carbocycles. The van der Waals surface area contributed by atoms with Gasteiger partial charge in [-0.25, -0.2) is 0 Å². The highest BCUT2D eigenvalue weighted by atomic mass is 16.5. The van der Waals surface area contributed by atoms with Crippen LogP contribution in [0.1, 0.15) is 24.8 Å². The Bertz CT molecular complexity index is 681. The molecule has 2 heterocycles. The second-order valence-corrected chi connectivity index (χ2v) is 8.01. The molecule has 0 bridgehead atoms. The van der Waals surface area contributed by atoms with Crippen LogP contribution in [0.2, 0.25) is 0 Å². The summed E-state index contributed by atoms with van der Waals surface area (Å²) in [6.45, 7) is 3.60. The summed E-state index contributed by atoms with van der Waals surface area (Å²) in [5.74, 6) is -0.311. The normalized spacial score (nSPS) is 23.8. The van der Waals surface area contributed by atoms with Crippen LogP contribution >= 0.6 is 0 Å². The molecule has 2 amide bonds. The standard InChI is InChI=1S/C22H34N4O4/c1-29-16-21(27)26-14-18(12-20(26)22(28)24-10-9-23)25(15-19-8-5-11-30-19)13-17-6-3-2-4-7-17/h2-4,6-7,18-20H,5,8-16,23H2,1H3,(H,24,28). The van der Waals surface area contributed by atoms with Crippen molar-refractivity contribution in [2.75, 3.05) is 46.5 Å². The first-order chi connectivity index (χ1) is 14.6. The Balaban J connectivity index is 1.76. The van der Waals surface area contributed by atoms with E-state index in [1.165, 1.54) is 12.7 Å². The van der Waals surface area contributed by atoms with E-state index in [1.807, 2.05) is 18.2 Å². The van der Waals surface area contributed by atoms with Crippen molar-refractivity contribution < 1.29 is 19.1 Å². The van der Waals surface area contributed by atoms with Crippen molar-refractivity contribution in [2.45, 2.75) is 44.0 Å². The molecule has 2 fully saturated rings. The summed E-state index contributed by atoms with van der Waals surface area (Å²) < 4.78 is 10.9. The molecule has 0 radical (unpaired) electrons. The van der Waals surface area contributed by atoms with E-state index in [2.05, 4.69) is 22.3 Å². The van der Waals surface area contributed by atoms with Gasteiger partial charge in [0.05, 0.1) is 6.10 Å². The molecule has 2 aliphatic rings. The van der Waals surface area contributed by atoms with E-state index in [0.29, 0.717) is 26.1 Å². The van der Waals surface area contributed by atoms with Crippen molar-refractivity contribution in [1.82, 2.24) is 15.1 Å². The zero-order chi connectivity index (χ0) is 21.3. The molecule has 2 aliphatic heterocycles. The maximum atomic E-state index is 12.7. The zero-order valence-corrected chi connectivity index (χ0v) is 17.8. The molecule has 0 aromatic heterocycles. The molecular weight excluding hydrogens is 384 g/mol. The molecule has 8 nitrogen and oxygen atoms in total. The predicted octanol–water partition coefficient (Wildman–Crippen LogP) is 0.358. The van der Waals surface area contributed by atoms with Crippen LogP contribution in [0.5, 0.6) is 0 Å². The van der Waals surface area contributed by atoms with Gasteiger partial charge in [0.25, 0.3) is 0 Å². The Labute approximate surface area is 178 Å². The van der Waals surface area contributed by atoms with Crippen molar-refractivity contribution in [3.63, 3.8) is 0 Å². The van der Waals surface area contributed by atoms with E-state index in [-0.39, 0.29) is 30.6 Å². The molecule has 1 aromatic carbocycles. The van der Waals surface area contributed by atoms with Gasteiger partial charge in [0, 0.05) is 52.5 Å². The lowest BCUT2D eigenvalue weighted by atomic mass is 10.1. The van der Waals surface area contributed by atoms with Crippen molar-refractivity contribution in [3.8, 4) is 0 Å². The Morgan fingerprint density at radius 3 is 2.80 bits per heavy atom. The van der Waals surface area contributed by atoms with Gasteiger partial charge in [-0.05, 0) is 24.8 Å². The first-order valence-corrected chi connectivity index (χ1v) is 10.8. The average molecular weight is 419 g/mol. The number of rotatable bonds is 10. The lowest BCUT2D eigenvalue weighted by Gasteiger charge is -2.31. The quantitative estimate of drug-likeness (QED) is 0.569. The number of carbonyl (C=O) groups excluding carboxylic acids is 2. The summed E-state index contributed by atoms with van der Waals surface area (Å²) in [5, 5.41) is 2.84. The number of ether oxygens (including phenoxy) is 2. The number of carbonyl (C=O) groups is 2. The van der Waals surface area contributed by atoms with Crippen LogP contribution < -0.4 is 11.1 Å². The van der Waals surface area contributed by atoms with Crippen LogP contribution in [0.4, 0.5) is 0 Å². The van der Waals surface area contributed by atoms with Crippen LogP contribution in [-0.2, 0) is 25.6 Å². The van der Waals surface area contributed by atoms with Gasteiger partial charge in [-0.3, -0.25) is 14.5 Å². The van der Waals surface area contributed by atoms with Crippen LogP contribution in [0.15, 0.2) is 30.3 Å². The van der Waals surface area contributed by atoms with Gasteiger partial charge in [0.1, 0.15) is 12.6 Å². The molecule has 8 heteroatoms. The zero-order valence-electron chi connectivity index (χ0n) is 17.8. The molecular formula is C22H34N4O4. The molecule has 30 heavy (non-hydrogen) atoms. The largest absolute Gasteiger partial charge is 0.377 e. The summed E-state index contributed by atoms with van der Waals surface area (Å²) in [5.41, 5.74) is 6.74. The van der Waals surface area contributed by atoms with Crippen LogP contribution in [-0.4, -0.2) is 86.3 Å². The molecule has 3 atom stereocenters.